The molecule has 0 aliphatic heterocycles. The fraction of sp³-hybridized carbons (Fsp3) is 0.188. The van der Waals surface area contributed by atoms with E-state index in [2.05, 4.69) is 15.9 Å². The van der Waals surface area contributed by atoms with Gasteiger partial charge in [0.2, 0.25) is 0 Å². The van der Waals surface area contributed by atoms with Crippen molar-refractivity contribution in [2.75, 3.05) is 12.8 Å². The molecule has 0 radical (unpaired) electrons. The van der Waals surface area contributed by atoms with E-state index in [0.29, 0.717) is 11.4 Å². The maximum absolute atomic E-state index is 11.8. The van der Waals surface area contributed by atoms with Gasteiger partial charge in [-0.15, -0.1) is 0 Å². The first-order valence-electron chi connectivity index (χ1n) is 6.41. The van der Waals surface area contributed by atoms with Crippen molar-refractivity contribution in [3.8, 4) is 5.75 Å². The molecular weight excluding hydrogens is 334 g/mol. The Morgan fingerprint density at radius 3 is 2.57 bits per heavy atom. The van der Waals surface area contributed by atoms with Gasteiger partial charge < -0.3 is 15.2 Å². The lowest BCUT2D eigenvalue weighted by Gasteiger charge is -2.10. The number of carbonyl (C=O) groups is 1. The number of benzene rings is 2. The van der Waals surface area contributed by atoms with Crippen molar-refractivity contribution in [3.05, 3.63) is 58.1 Å². The molecule has 0 aromatic heterocycles. The minimum Gasteiger partial charge on any atom is -0.496 e. The summed E-state index contributed by atoms with van der Waals surface area (Å²) in [4.78, 5) is 11.8. The van der Waals surface area contributed by atoms with Crippen molar-refractivity contribution >= 4 is 27.6 Å². The van der Waals surface area contributed by atoms with E-state index >= 15 is 0 Å². The first kappa shape index (κ1) is 15.4. The molecule has 2 aromatic rings. The number of carbonyl (C=O) groups excluding carboxylic acids is 1. The highest BCUT2D eigenvalue weighted by molar-refractivity contribution is 9.10. The Kier molecular flexibility index (Phi) is 5.22. The van der Waals surface area contributed by atoms with Crippen LogP contribution in [0.25, 0.3) is 0 Å². The van der Waals surface area contributed by atoms with E-state index in [1.54, 1.807) is 19.2 Å². The third kappa shape index (κ3) is 4.49. The van der Waals surface area contributed by atoms with Crippen LogP contribution in [0.15, 0.2) is 46.9 Å². The third-order valence-corrected chi connectivity index (χ3v) is 3.45. The Balaban J connectivity index is 1.95. The summed E-state index contributed by atoms with van der Waals surface area (Å²) >= 11 is 3.39. The molecule has 0 aliphatic carbocycles. The van der Waals surface area contributed by atoms with E-state index in [0.717, 1.165) is 15.6 Å². The van der Waals surface area contributed by atoms with Crippen molar-refractivity contribution in [2.45, 2.75) is 13.0 Å². The standard InChI is InChI=1S/C16H16BrNO3/c1-20-15-7-4-13(17)9-12(15)10-21-16(19)8-11-2-5-14(18)6-3-11/h2-7,9H,8,10,18H2,1H3. The van der Waals surface area contributed by atoms with Crippen LogP contribution < -0.4 is 10.5 Å². The first-order valence-corrected chi connectivity index (χ1v) is 7.20. The zero-order valence-corrected chi connectivity index (χ0v) is 13.2. The van der Waals surface area contributed by atoms with Crippen LogP contribution in [0, 0.1) is 0 Å². The molecule has 2 aromatic carbocycles. The lowest BCUT2D eigenvalue weighted by molar-refractivity contribution is -0.144. The predicted octanol–water partition coefficient (Wildman–Crippen LogP) is 3.33. The summed E-state index contributed by atoms with van der Waals surface area (Å²) in [5.41, 5.74) is 7.96. The Bertz CT molecular complexity index is 626. The van der Waals surface area contributed by atoms with Crippen molar-refractivity contribution in [2.24, 2.45) is 0 Å². The Labute approximate surface area is 132 Å². The summed E-state index contributed by atoms with van der Waals surface area (Å²) in [6.45, 7) is 0.177. The molecule has 0 aliphatic rings. The van der Waals surface area contributed by atoms with Crippen LogP contribution in [-0.2, 0) is 22.6 Å². The Morgan fingerprint density at radius 1 is 1.19 bits per heavy atom. The smallest absolute Gasteiger partial charge is 0.310 e. The number of esters is 1. The minimum absolute atomic E-state index is 0.177. The summed E-state index contributed by atoms with van der Waals surface area (Å²) < 4.78 is 11.4. The number of hydrogen-bond donors (Lipinski definition) is 1. The van der Waals surface area contributed by atoms with Crippen molar-refractivity contribution in [1.82, 2.24) is 0 Å². The van der Waals surface area contributed by atoms with Gasteiger partial charge >= 0.3 is 5.97 Å². The quantitative estimate of drug-likeness (QED) is 0.664. The normalized spacial score (nSPS) is 10.2. The molecule has 0 spiro atoms. The van der Waals surface area contributed by atoms with E-state index in [9.17, 15) is 4.79 Å². The van der Waals surface area contributed by atoms with Crippen molar-refractivity contribution < 1.29 is 14.3 Å². The molecule has 0 unspecified atom stereocenters. The molecule has 21 heavy (non-hydrogen) atoms. The average Bonchev–Trinajstić information content (AvgIpc) is 2.48. The molecule has 4 nitrogen and oxygen atoms in total. The topological polar surface area (TPSA) is 61.5 Å². The number of halogens is 1. The van der Waals surface area contributed by atoms with Gasteiger partial charge in [0.1, 0.15) is 12.4 Å². The summed E-state index contributed by atoms with van der Waals surface area (Å²) in [7, 11) is 1.59. The molecule has 110 valence electrons. The number of hydrogen-bond acceptors (Lipinski definition) is 4. The highest BCUT2D eigenvalue weighted by Crippen LogP contribution is 2.23. The summed E-state index contributed by atoms with van der Waals surface area (Å²) in [6, 6.07) is 12.7. The van der Waals surface area contributed by atoms with Gasteiger partial charge in [0.15, 0.2) is 0 Å². The van der Waals surface area contributed by atoms with Crippen LogP contribution in [0.2, 0.25) is 0 Å². The Hall–Kier alpha value is -2.01. The lowest BCUT2D eigenvalue weighted by atomic mass is 10.1. The minimum atomic E-state index is -0.290. The maximum Gasteiger partial charge on any atom is 0.310 e. The zero-order chi connectivity index (χ0) is 15.2. The van der Waals surface area contributed by atoms with E-state index in [-0.39, 0.29) is 19.0 Å². The van der Waals surface area contributed by atoms with E-state index in [4.69, 9.17) is 15.2 Å². The molecule has 5 heteroatoms. The number of nitrogens with two attached hydrogens (primary N) is 1. The summed E-state index contributed by atoms with van der Waals surface area (Å²) in [6.07, 6.45) is 0.219. The van der Waals surface area contributed by atoms with Gasteiger partial charge in [0.25, 0.3) is 0 Å². The highest BCUT2D eigenvalue weighted by Gasteiger charge is 2.09. The molecule has 0 amide bonds. The fourth-order valence-corrected chi connectivity index (χ4v) is 2.28. The van der Waals surface area contributed by atoms with Crippen molar-refractivity contribution in [1.29, 1.82) is 0 Å². The average molecular weight is 350 g/mol. The first-order chi connectivity index (χ1) is 10.1. The number of ether oxygens (including phenoxy) is 2. The SMILES string of the molecule is COc1ccc(Br)cc1COC(=O)Cc1ccc(N)cc1. The van der Waals surface area contributed by atoms with Gasteiger partial charge in [-0.05, 0) is 35.9 Å². The highest BCUT2D eigenvalue weighted by atomic mass is 79.9. The summed E-state index contributed by atoms with van der Waals surface area (Å²) in [5.74, 6) is 0.403. The fourth-order valence-electron chi connectivity index (χ4n) is 1.87. The molecule has 0 bridgehead atoms. The maximum atomic E-state index is 11.8. The van der Waals surface area contributed by atoms with E-state index < -0.39 is 0 Å². The van der Waals surface area contributed by atoms with Crippen LogP contribution >= 0.6 is 15.9 Å². The Morgan fingerprint density at radius 2 is 1.90 bits per heavy atom. The number of methoxy groups -OCH3 is 1. The van der Waals surface area contributed by atoms with Gasteiger partial charge in [0.05, 0.1) is 13.5 Å². The van der Waals surface area contributed by atoms with Gasteiger partial charge in [-0.1, -0.05) is 28.1 Å². The predicted molar refractivity (Wildman–Crippen MR) is 85.0 cm³/mol. The zero-order valence-electron chi connectivity index (χ0n) is 11.6. The van der Waals surface area contributed by atoms with Crippen LogP contribution in [-0.4, -0.2) is 13.1 Å². The second-order valence-electron chi connectivity index (χ2n) is 4.54. The number of nitrogen functional groups attached to an aromatic ring is 1. The van der Waals surface area contributed by atoms with Crippen molar-refractivity contribution in [3.63, 3.8) is 0 Å². The van der Waals surface area contributed by atoms with Gasteiger partial charge in [-0.2, -0.15) is 0 Å². The van der Waals surface area contributed by atoms with Crippen LogP contribution in [0.4, 0.5) is 5.69 Å². The summed E-state index contributed by atoms with van der Waals surface area (Å²) in [5, 5.41) is 0. The molecular formula is C16H16BrNO3. The van der Waals surface area contributed by atoms with E-state index in [1.165, 1.54) is 0 Å². The second-order valence-corrected chi connectivity index (χ2v) is 5.45. The molecule has 2 rings (SSSR count). The lowest BCUT2D eigenvalue weighted by Crippen LogP contribution is -2.08. The molecule has 2 N–H and O–H groups in total. The molecule has 0 heterocycles. The van der Waals surface area contributed by atoms with Gasteiger partial charge in [0, 0.05) is 15.7 Å². The molecule has 0 fully saturated rings. The van der Waals surface area contributed by atoms with E-state index in [1.807, 2.05) is 30.3 Å². The van der Waals surface area contributed by atoms with Crippen LogP contribution in [0.3, 0.4) is 0 Å². The van der Waals surface area contributed by atoms with Crippen LogP contribution in [0.5, 0.6) is 5.75 Å². The van der Waals surface area contributed by atoms with Gasteiger partial charge in [-0.25, -0.2) is 0 Å². The number of anilines is 1. The van der Waals surface area contributed by atoms with Gasteiger partial charge in [-0.3, -0.25) is 4.79 Å². The monoisotopic (exact) mass is 349 g/mol. The second kappa shape index (κ2) is 7.13. The molecule has 0 atom stereocenters. The van der Waals surface area contributed by atoms with Crippen LogP contribution in [0.1, 0.15) is 11.1 Å². The molecule has 0 saturated heterocycles. The largest absolute Gasteiger partial charge is 0.496 e. The third-order valence-electron chi connectivity index (χ3n) is 2.96. The number of rotatable bonds is 5. The molecule has 0 saturated carbocycles.